The SMILES string of the molecule is Cc1cc(Nc2c([N+](=O)[O-])cc([N+](=O)[O-])cc2C(F)(F)F)c(F)c(C)c1Br. The predicted molar refractivity (Wildman–Crippen MR) is 91.6 cm³/mol. The molecule has 144 valence electrons. The molecule has 0 spiro atoms. The summed E-state index contributed by atoms with van der Waals surface area (Å²) in [5.74, 6) is -0.923. The first-order valence-corrected chi connectivity index (χ1v) is 7.90. The highest BCUT2D eigenvalue weighted by Crippen LogP contribution is 2.44. The van der Waals surface area contributed by atoms with E-state index in [1.165, 1.54) is 6.92 Å². The van der Waals surface area contributed by atoms with Gasteiger partial charge in [-0.2, -0.15) is 13.2 Å². The number of rotatable bonds is 4. The summed E-state index contributed by atoms with van der Waals surface area (Å²) in [5.41, 5.74) is -4.93. The molecule has 0 fully saturated rings. The number of hydrogen-bond acceptors (Lipinski definition) is 5. The molecule has 7 nitrogen and oxygen atoms in total. The fourth-order valence-electron chi connectivity index (χ4n) is 2.38. The number of nitrogens with zero attached hydrogens (tertiary/aromatic N) is 2. The highest BCUT2D eigenvalue weighted by atomic mass is 79.9. The van der Waals surface area contributed by atoms with Crippen molar-refractivity contribution in [1.82, 2.24) is 0 Å². The first-order chi connectivity index (χ1) is 12.3. The molecule has 0 heterocycles. The van der Waals surface area contributed by atoms with Crippen molar-refractivity contribution >= 4 is 38.7 Å². The number of aryl methyl sites for hydroxylation is 1. The van der Waals surface area contributed by atoms with Crippen LogP contribution in [0.4, 0.5) is 40.3 Å². The van der Waals surface area contributed by atoms with E-state index in [0.717, 1.165) is 6.07 Å². The molecule has 12 heteroatoms. The van der Waals surface area contributed by atoms with Gasteiger partial charge < -0.3 is 5.32 Å². The standard InChI is InChI=1S/C15H10BrF4N3O4/c1-6-3-10(13(17)7(2)12(6)16)21-14-9(15(18,19)20)4-8(22(24)25)5-11(14)23(26)27/h3-5,21H,1-2H3. The van der Waals surface area contributed by atoms with E-state index in [4.69, 9.17) is 0 Å². The number of halogens is 5. The molecule has 27 heavy (non-hydrogen) atoms. The summed E-state index contributed by atoms with van der Waals surface area (Å²) in [7, 11) is 0. The number of alkyl halides is 3. The summed E-state index contributed by atoms with van der Waals surface area (Å²) in [6.45, 7) is 2.92. The molecular weight excluding hydrogens is 442 g/mol. The van der Waals surface area contributed by atoms with Crippen LogP contribution in [0.25, 0.3) is 0 Å². The van der Waals surface area contributed by atoms with Crippen LogP contribution >= 0.6 is 15.9 Å². The lowest BCUT2D eigenvalue weighted by Crippen LogP contribution is -2.12. The van der Waals surface area contributed by atoms with Gasteiger partial charge in [0.05, 0.1) is 27.2 Å². The van der Waals surface area contributed by atoms with Gasteiger partial charge in [-0.25, -0.2) is 4.39 Å². The van der Waals surface area contributed by atoms with E-state index in [1.807, 2.05) is 0 Å². The summed E-state index contributed by atoms with van der Waals surface area (Å²) < 4.78 is 55.0. The van der Waals surface area contributed by atoms with Crippen LogP contribution in [0.3, 0.4) is 0 Å². The second kappa shape index (κ2) is 7.10. The fourth-order valence-corrected chi connectivity index (χ4v) is 2.67. The first-order valence-electron chi connectivity index (χ1n) is 7.10. The lowest BCUT2D eigenvalue weighted by molar-refractivity contribution is -0.394. The topological polar surface area (TPSA) is 98.3 Å². The van der Waals surface area contributed by atoms with Crippen molar-refractivity contribution < 1.29 is 27.4 Å². The van der Waals surface area contributed by atoms with Gasteiger partial charge in [0.15, 0.2) is 5.82 Å². The molecule has 0 unspecified atom stereocenters. The Kier molecular flexibility index (Phi) is 5.40. The number of non-ortho nitro benzene ring substituents is 1. The summed E-state index contributed by atoms with van der Waals surface area (Å²) >= 11 is 3.13. The summed E-state index contributed by atoms with van der Waals surface area (Å²) in [6, 6.07) is 1.71. The largest absolute Gasteiger partial charge is 0.418 e. The average molecular weight is 452 g/mol. The van der Waals surface area contributed by atoms with Crippen LogP contribution in [0.1, 0.15) is 16.7 Å². The Morgan fingerprint density at radius 1 is 1.07 bits per heavy atom. The van der Waals surface area contributed by atoms with Crippen molar-refractivity contribution in [2.45, 2.75) is 20.0 Å². The predicted octanol–water partition coefficient (Wildman–Crippen LogP) is 5.78. The molecule has 1 N–H and O–H groups in total. The van der Waals surface area contributed by atoms with Crippen LogP contribution in [0.2, 0.25) is 0 Å². The molecule has 2 rings (SSSR count). The van der Waals surface area contributed by atoms with Crippen LogP contribution in [0.15, 0.2) is 22.7 Å². The van der Waals surface area contributed by atoms with Gasteiger partial charge in [0.25, 0.3) is 11.4 Å². The Morgan fingerprint density at radius 2 is 1.67 bits per heavy atom. The monoisotopic (exact) mass is 451 g/mol. The van der Waals surface area contributed by atoms with Gasteiger partial charge in [0.2, 0.25) is 0 Å². The summed E-state index contributed by atoms with van der Waals surface area (Å²) in [4.78, 5) is 19.7. The fraction of sp³-hybridized carbons (Fsp3) is 0.200. The number of nitrogens with one attached hydrogen (secondary N) is 1. The van der Waals surface area contributed by atoms with Gasteiger partial charge in [-0.3, -0.25) is 20.2 Å². The maximum absolute atomic E-state index is 14.4. The van der Waals surface area contributed by atoms with Crippen molar-refractivity contribution in [2.24, 2.45) is 0 Å². The zero-order chi connectivity index (χ0) is 20.7. The molecule has 0 atom stereocenters. The second-order valence-electron chi connectivity index (χ2n) is 5.52. The quantitative estimate of drug-likeness (QED) is 0.360. The Balaban J connectivity index is 2.80. The van der Waals surface area contributed by atoms with Crippen molar-refractivity contribution in [3.63, 3.8) is 0 Å². The van der Waals surface area contributed by atoms with Gasteiger partial charge in [-0.05, 0) is 25.5 Å². The molecule has 0 bridgehead atoms. The third-order valence-corrected chi connectivity index (χ3v) is 4.90. The minimum atomic E-state index is -5.16. The first kappa shape index (κ1) is 20.6. The molecule has 2 aromatic rings. The third-order valence-electron chi connectivity index (χ3n) is 3.68. The van der Waals surface area contributed by atoms with Gasteiger partial charge in [-0.1, -0.05) is 15.9 Å². The van der Waals surface area contributed by atoms with Gasteiger partial charge in [0.1, 0.15) is 5.69 Å². The molecule has 0 aromatic heterocycles. The highest BCUT2D eigenvalue weighted by Gasteiger charge is 2.40. The van der Waals surface area contributed by atoms with E-state index in [9.17, 15) is 37.8 Å². The number of nitro benzene ring substituents is 2. The van der Waals surface area contributed by atoms with Crippen LogP contribution in [-0.2, 0) is 6.18 Å². The number of hydrogen-bond donors (Lipinski definition) is 1. The lowest BCUT2D eigenvalue weighted by atomic mass is 10.1. The smallest absolute Gasteiger partial charge is 0.347 e. The van der Waals surface area contributed by atoms with E-state index in [2.05, 4.69) is 21.2 Å². The van der Waals surface area contributed by atoms with E-state index in [0.29, 0.717) is 16.1 Å². The maximum Gasteiger partial charge on any atom is 0.418 e. The number of nitro groups is 2. The van der Waals surface area contributed by atoms with Crippen LogP contribution in [-0.4, -0.2) is 9.85 Å². The minimum Gasteiger partial charge on any atom is -0.347 e. The normalized spacial score (nSPS) is 11.4. The van der Waals surface area contributed by atoms with Crippen LogP contribution in [0, 0.1) is 39.9 Å². The Morgan fingerprint density at radius 3 is 2.15 bits per heavy atom. The average Bonchev–Trinajstić information content (AvgIpc) is 2.56. The van der Waals surface area contributed by atoms with Crippen molar-refractivity contribution in [3.8, 4) is 0 Å². The Bertz CT molecular complexity index is 963. The van der Waals surface area contributed by atoms with E-state index in [-0.39, 0.29) is 11.6 Å². The molecule has 0 saturated heterocycles. The maximum atomic E-state index is 14.4. The van der Waals surface area contributed by atoms with Gasteiger partial charge >= 0.3 is 6.18 Å². The van der Waals surface area contributed by atoms with Crippen LogP contribution in [0.5, 0.6) is 0 Å². The molecule has 2 aromatic carbocycles. The molecule has 0 aliphatic carbocycles. The lowest BCUT2D eigenvalue weighted by Gasteiger charge is -2.17. The van der Waals surface area contributed by atoms with E-state index >= 15 is 0 Å². The molecule has 0 aliphatic heterocycles. The summed E-state index contributed by atoms with van der Waals surface area (Å²) in [5, 5.41) is 24.1. The highest BCUT2D eigenvalue weighted by molar-refractivity contribution is 9.10. The number of benzene rings is 2. The molecule has 0 aliphatic rings. The van der Waals surface area contributed by atoms with Crippen molar-refractivity contribution in [2.75, 3.05) is 5.32 Å². The van der Waals surface area contributed by atoms with Gasteiger partial charge in [0, 0.05) is 16.1 Å². The number of anilines is 2. The minimum absolute atomic E-state index is 0.0793. The second-order valence-corrected chi connectivity index (χ2v) is 6.31. The molecule has 0 radical (unpaired) electrons. The summed E-state index contributed by atoms with van der Waals surface area (Å²) in [6.07, 6.45) is -5.16. The molecular formula is C15H10BrF4N3O4. The Hall–Kier alpha value is -2.76. The third kappa shape index (κ3) is 3.99. The van der Waals surface area contributed by atoms with Gasteiger partial charge in [-0.15, -0.1) is 0 Å². The zero-order valence-electron chi connectivity index (χ0n) is 13.6. The van der Waals surface area contributed by atoms with Crippen LogP contribution < -0.4 is 5.32 Å². The Labute approximate surface area is 157 Å². The molecule has 0 saturated carbocycles. The van der Waals surface area contributed by atoms with E-state index in [1.54, 1.807) is 6.92 Å². The zero-order valence-corrected chi connectivity index (χ0v) is 15.2. The molecule has 0 amide bonds. The van der Waals surface area contributed by atoms with Crippen molar-refractivity contribution in [3.05, 3.63) is 65.4 Å². The van der Waals surface area contributed by atoms with Crippen molar-refractivity contribution in [1.29, 1.82) is 0 Å². The van der Waals surface area contributed by atoms with E-state index < -0.39 is 50.2 Å².